The van der Waals surface area contributed by atoms with Crippen LogP contribution in [0.25, 0.3) is 0 Å². The van der Waals surface area contributed by atoms with Crippen LogP contribution in [0.5, 0.6) is 0 Å². The predicted octanol–water partition coefficient (Wildman–Crippen LogP) is 2.19. The average Bonchev–Trinajstić information content (AvgIpc) is 2.72. The number of nitrogens with one attached hydrogen (secondary N) is 1. The molecule has 1 N–H and O–H groups in total. The molecule has 0 aliphatic heterocycles. The van der Waals surface area contributed by atoms with Crippen molar-refractivity contribution in [3.8, 4) is 12.3 Å². The summed E-state index contributed by atoms with van der Waals surface area (Å²) in [6.07, 6.45) is 13.5. The van der Waals surface area contributed by atoms with Gasteiger partial charge in [-0.3, -0.25) is 4.68 Å². The van der Waals surface area contributed by atoms with Crippen molar-refractivity contribution >= 4 is 0 Å². The van der Waals surface area contributed by atoms with Crippen molar-refractivity contribution < 1.29 is 0 Å². The van der Waals surface area contributed by atoms with Crippen LogP contribution in [-0.2, 0) is 13.1 Å². The second-order valence-corrected chi connectivity index (χ2v) is 3.95. The highest BCUT2D eigenvalue weighted by molar-refractivity contribution is 5.03. The van der Waals surface area contributed by atoms with Crippen molar-refractivity contribution in [1.29, 1.82) is 0 Å². The van der Waals surface area contributed by atoms with Crippen molar-refractivity contribution in [3.63, 3.8) is 0 Å². The zero-order valence-corrected chi connectivity index (χ0v) is 10.1. The average molecular weight is 219 g/mol. The minimum atomic E-state index is 0.885. The van der Waals surface area contributed by atoms with Gasteiger partial charge in [0.05, 0.1) is 6.20 Å². The minimum absolute atomic E-state index is 0.885. The lowest BCUT2D eigenvalue weighted by Gasteiger charge is -2.01. The molecule has 1 heterocycles. The van der Waals surface area contributed by atoms with E-state index < -0.39 is 0 Å². The Labute approximate surface area is 98.2 Å². The third-order valence-electron chi connectivity index (χ3n) is 2.39. The Morgan fingerprint density at radius 1 is 1.50 bits per heavy atom. The maximum Gasteiger partial charge on any atom is 0.0534 e. The second kappa shape index (κ2) is 7.95. The van der Waals surface area contributed by atoms with Gasteiger partial charge in [-0.15, -0.1) is 12.3 Å². The molecule has 0 amide bonds. The van der Waals surface area contributed by atoms with Crippen LogP contribution >= 0.6 is 0 Å². The van der Waals surface area contributed by atoms with Gasteiger partial charge in [0, 0.05) is 31.3 Å². The maximum absolute atomic E-state index is 5.18. The molecule has 16 heavy (non-hydrogen) atoms. The number of aromatic nitrogens is 2. The predicted molar refractivity (Wildman–Crippen MR) is 66.9 cm³/mol. The summed E-state index contributed by atoms with van der Waals surface area (Å²) >= 11 is 0. The van der Waals surface area contributed by atoms with Crippen LogP contribution in [0.2, 0.25) is 0 Å². The first-order valence-electron chi connectivity index (χ1n) is 6.02. The molecule has 0 saturated heterocycles. The number of hydrogen-bond acceptors (Lipinski definition) is 2. The Morgan fingerprint density at radius 3 is 3.12 bits per heavy atom. The first-order valence-corrected chi connectivity index (χ1v) is 6.02. The molecule has 0 aliphatic rings. The summed E-state index contributed by atoms with van der Waals surface area (Å²) < 4.78 is 2.00. The molecule has 1 aromatic rings. The molecule has 0 radical (unpaired) electrons. The highest BCUT2D eigenvalue weighted by atomic mass is 15.3. The van der Waals surface area contributed by atoms with Gasteiger partial charge in [-0.1, -0.05) is 6.92 Å². The van der Waals surface area contributed by atoms with E-state index in [9.17, 15) is 0 Å². The van der Waals surface area contributed by atoms with E-state index in [2.05, 4.69) is 29.5 Å². The fraction of sp³-hybridized carbons (Fsp3) is 0.615. The lowest BCUT2D eigenvalue weighted by molar-refractivity contribution is 0.600. The molecule has 3 heteroatoms. The molecule has 0 saturated carbocycles. The van der Waals surface area contributed by atoms with Crippen molar-refractivity contribution in [3.05, 3.63) is 18.0 Å². The SMILES string of the molecule is C#CCCCCNCc1cnn(CCC)c1. The monoisotopic (exact) mass is 219 g/mol. The molecule has 0 fully saturated rings. The maximum atomic E-state index is 5.18. The fourth-order valence-electron chi connectivity index (χ4n) is 1.56. The van der Waals surface area contributed by atoms with Gasteiger partial charge in [-0.2, -0.15) is 5.10 Å². The molecule has 1 rings (SSSR count). The Balaban J connectivity index is 2.10. The zero-order valence-electron chi connectivity index (χ0n) is 10.1. The number of hydrogen-bond donors (Lipinski definition) is 1. The molecule has 0 atom stereocenters. The van der Waals surface area contributed by atoms with Gasteiger partial charge in [-0.25, -0.2) is 0 Å². The lowest BCUT2D eigenvalue weighted by atomic mass is 10.2. The number of rotatable bonds is 8. The molecule has 0 unspecified atom stereocenters. The van der Waals surface area contributed by atoms with Crippen molar-refractivity contribution in [1.82, 2.24) is 15.1 Å². The van der Waals surface area contributed by atoms with Crippen LogP contribution in [-0.4, -0.2) is 16.3 Å². The number of aryl methyl sites for hydroxylation is 1. The standard InChI is InChI=1S/C13H21N3/c1-3-5-6-7-8-14-10-13-11-15-16(12-13)9-4-2/h1,11-12,14H,4-10H2,2H3. The van der Waals surface area contributed by atoms with E-state index >= 15 is 0 Å². The summed E-state index contributed by atoms with van der Waals surface area (Å²) in [7, 11) is 0. The summed E-state index contributed by atoms with van der Waals surface area (Å²) in [6.45, 7) is 5.09. The van der Waals surface area contributed by atoms with Gasteiger partial charge < -0.3 is 5.32 Å². The van der Waals surface area contributed by atoms with Crippen LogP contribution in [0.3, 0.4) is 0 Å². The van der Waals surface area contributed by atoms with E-state index in [0.717, 1.165) is 45.3 Å². The van der Waals surface area contributed by atoms with Crippen molar-refractivity contribution in [2.45, 2.75) is 45.7 Å². The van der Waals surface area contributed by atoms with Gasteiger partial charge in [-0.05, 0) is 25.8 Å². The summed E-state index contributed by atoms with van der Waals surface area (Å²) in [5, 5.41) is 7.68. The van der Waals surface area contributed by atoms with E-state index in [1.807, 2.05) is 10.9 Å². The van der Waals surface area contributed by atoms with Crippen LogP contribution in [0.4, 0.5) is 0 Å². The molecule has 1 aromatic heterocycles. The van der Waals surface area contributed by atoms with Gasteiger partial charge in [0.15, 0.2) is 0 Å². The quantitative estimate of drug-likeness (QED) is 0.536. The third-order valence-corrected chi connectivity index (χ3v) is 2.39. The van der Waals surface area contributed by atoms with E-state index in [4.69, 9.17) is 6.42 Å². The smallest absolute Gasteiger partial charge is 0.0534 e. The fourth-order valence-corrected chi connectivity index (χ4v) is 1.56. The number of unbranched alkanes of at least 4 members (excludes halogenated alkanes) is 2. The number of terminal acetylenes is 1. The van der Waals surface area contributed by atoms with Gasteiger partial charge in [0.25, 0.3) is 0 Å². The van der Waals surface area contributed by atoms with Crippen LogP contribution < -0.4 is 5.32 Å². The summed E-state index contributed by atoms with van der Waals surface area (Å²) in [5.74, 6) is 2.65. The van der Waals surface area contributed by atoms with Crippen LogP contribution in [0, 0.1) is 12.3 Å². The molecular weight excluding hydrogens is 198 g/mol. The molecule has 0 spiro atoms. The topological polar surface area (TPSA) is 29.9 Å². The van der Waals surface area contributed by atoms with E-state index in [1.165, 1.54) is 5.56 Å². The normalized spacial score (nSPS) is 10.2. The minimum Gasteiger partial charge on any atom is -0.313 e. The Morgan fingerprint density at radius 2 is 2.38 bits per heavy atom. The zero-order chi connectivity index (χ0) is 11.6. The summed E-state index contributed by atoms with van der Waals surface area (Å²) in [5.41, 5.74) is 1.25. The van der Waals surface area contributed by atoms with Gasteiger partial charge >= 0.3 is 0 Å². The van der Waals surface area contributed by atoms with Crippen molar-refractivity contribution in [2.24, 2.45) is 0 Å². The summed E-state index contributed by atoms with van der Waals surface area (Å²) in [6, 6.07) is 0. The van der Waals surface area contributed by atoms with Gasteiger partial charge in [0.2, 0.25) is 0 Å². The first-order chi connectivity index (χ1) is 7.86. The highest BCUT2D eigenvalue weighted by Crippen LogP contribution is 1.99. The number of nitrogens with zero attached hydrogens (tertiary/aromatic N) is 2. The third kappa shape index (κ3) is 4.99. The van der Waals surface area contributed by atoms with Crippen LogP contribution in [0.15, 0.2) is 12.4 Å². The Hall–Kier alpha value is -1.27. The molecule has 0 aromatic carbocycles. The van der Waals surface area contributed by atoms with Crippen LogP contribution in [0.1, 0.15) is 38.2 Å². The van der Waals surface area contributed by atoms with E-state index in [1.54, 1.807) is 0 Å². The first kappa shape index (κ1) is 12.8. The summed E-state index contributed by atoms with van der Waals surface area (Å²) in [4.78, 5) is 0. The molecule has 0 aliphatic carbocycles. The Kier molecular flexibility index (Phi) is 6.36. The molecule has 0 bridgehead atoms. The lowest BCUT2D eigenvalue weighted by Crippen LogP contribution is -2.14. The highest BCUT2D eigenvalue weighted by Gasteiger charge is 1.97. The van der Waals surface area contributed by atoms with E-state index in [0.29, 0.717) is 0 Å². The van der Waals surface area contributed by atoms with Crippen molar-refractivity contribution in [2.75, 3.05) is 6.54 Å². The second-order valence-electron chi connectivity index (χ2n) is 3.95. The molecule has 3 nitrogen and oxygen atoms in total. The largest absolute Gasteiger partial charge is 0.313 e. The van der Waals surface area contributed by atoms with Gasteiger partial charge in [0.1, 0.15) is 0 Å². The van der Waals surface area contributed by atoms with E-state index in [-0.39, 0.29) is 0 Å². The Bertz CT molecular complexity index is 322. The molecule has 88 valence electrons. The molecular formula is C13H21N3.